The number of amides is 5. The van der Waals surface area contributed by atoms with Crippen LogP contribution in [0.5, 0.6) is 0 Å². The van der Waals surface area contributed by atoms with E-state index in [1.54, 1.807) is 30.3 Å². The molecule has 0 aromatic heterocycles. The number of hydrogen-bond donors (Lipinski definition) is 4. The summed E-state index contributed by atoms with van der Waals surface area (Å²) in [5.74, 6) is -2.66. The van der Waals surface area contributed by atoms with Crippen molar-refractivity contribution in [2.75, 3.05) is 18.8 Å². The molecule has 13 heteroatoms. The van der Waals surface area contributed by atoms with E-state index in [1.807, 2.05) is 48.5 Å². The van der Waals surface area contributed by atoms with Crippen molar-refractivity contribution in [2.24, 2.45) is 16.7 Å². The molecule has 290 valence electrons. The van der Waals surface area contributed by atoms with Crippen molar-refractivity contribution < 1.29 is 32.4 Å². The van der Waals surface area contributed by atoms with Crippen LogP contribution < -0.4 is 21.3 Å². The third-order valence-corrected chi connectivity index (χ3v) is 11.7. The first kappa shape index (κ1) is 42.7. The molecule has 2 aliphatic carbocycles. The molecule has 2 aliphatic rings. The average molecular weight is 744 g/mol. The Morgan fingerprint density at radius 1 is 0.942 bits per heavy atom. The number of carbonyl (C=O) groups is 5. The van der Waals surface area contributed by atoms with Gasteiger partial charge in [0, 0.05) is 13.1 Å². The number of Topliss-reactive ketones (excluding diaryl/α,β-unsaturated/α-hetero) is 1. The van der Waals surface area contributed by atoms with Crippen molar-refractivity contribution in [1.29, 1.82) is 0 Å². The highest BCUT2D eigenvalue weighted by atomic mass is 32.2. The van der Waals surface area contributed by atoms with E-state index in [1.165, 1.54) is 11.0 Å². The number of benzene rings is 1. The molecule has 0 saturated heterocycles. The number of nitrogens with one attached hydrogen (secondary N) is 4. The normalized spacial score (nSPS) is 17.8. The van der Waals surface area contributed by atoms with Crippen LogP contribution in [0, 0.1) is 16.7 Å². The highest BCUT2D eigenvalue weighted by Gasteiger charge is 2.46. The van der Waals surface area contributed by atoms with Gasteiger partial charge in [0.25, 0.3) is 5.91 Å². The van der Waals surface area contributed by atoms with Crippen LogP contribution in [-0.4, -0.2) is 85.4 Å². The van der Waals surface area contributed by atoms with E-state index in [2.05, 4.69) is 27.8 Å². The Bertz CT molecular complexity index is 1540. The van der Waals surface area contributed by atoms with Gasteiger partial charge in [-0.1, -0.05) is 105 Å². The number of sulfone groups is 1. The van der Waals surface area contributed by atoms with Gasteiger partial charge in [0.1, 0.15) is 12.1 Å². The van der Waals surface area contributed by atoms with E-state index in [-0.39, 0.29) is 29.7 Å². The maximum Gasteiger partial charge on any atom is 0.315 e. The molecule has 52 heavy (non-hydrogen) atoms. The summed E-state index contributed by atoms with van der Waals surface area (Å²) in [6.07, 6.45) is 7.46. The molecule has 3 atom stereocenters. The lowest BCUT2D eigenvalue weighted by Gasteiger charge is -2.43. The van der Waals surface area contributed by atoms with Gasteiger partial charge in [-0.3, -0.25) is 19.2 Å². The van der Waals surface area contributed by atoms with Gasteiger partial charge in [-0.15, -0.1) is 6.58 Å². The predicted molar refractivity (Wildman–Crippen MR) is 202 cm³/mol. The third kappa shape index (κ3) is 11.9. The van der Waals surface area contributed by atoms with Gasteiger partial charge in [-0.25, -0.2) is 13.2 Å². The summed E-state index contributed by atoms with van der Waals surface area (Å²) >= 11 is 0. The first-order valence-corrected chi connectivity index (χ1v) is 20.3. The molecule has 2 unspecified atom stereocenters. The number of rotatable bonds is 17. The second-order valence-electron chi connectivity index (χ2n) is 16.7. The Labute approximate surface area is 310 Å². The van der Waals surface area contributed by atoms with Gasteiger partial charge in [-0.2, -0.15) is 0 Å². The molecule has 2 fully saturated rings. The van der Waals surface area contributed by atoms with Crippen molar-refractivity contribution in [3.63, 3.8) is 0 Å². The lowest BCUT2D eigenvalue weighted by Crippen LogP contribution is -2.65. The Morgan fingerprint density at radius 2 is 1.56 bits per heavy atom. The zero-order chi connectivity index (χ0) is 38.9. The van der Waals surface area contributed by atoms with E-state index < -0.39 is 73.9 Å². The van der Waals surface area contributed by atoms with Gasteiger partial charge in [0.05, 0.1) is 22.2 Å². The number of hydrogen-bond acceptors (Lipinski definition) is 7. The topological polar surface area (TPSA) is 171 Å². The van der Waals surface area contributed by atoms with Crippen molar-refractivity contribution in [1.82, 2.24) is 26.2 Å². The fourth-order valence-electron chi connectivity index (χ4n) is 7.02. The largest absolute Gasteiger partial charge is 0.346 e. The van der Waals surface area contributed by atoms with Crippen LogP contribution in [0.25, 0.3) is 0 Å². The van der Waals surface area contributed by atoms with Crippen LogP contribution >= 0.6 is 0 Å². The molecule has 0 radical (unpaired) electrons. The van der Waals surface area contributed by atoms with E-state index in [0.717, 1.165) is 32.1 Å². The Hall–Kier alpha value is -3.74. The summed E-state index contributed by atoms with van der Waals surface area (Å²) in [5, 5.41) is 11.2. The van der Waals surface area contributed by atoms with E-state index in [0.29, 0.717) is 25.7 Å². The number of ketones is 1. The second-order valence-corrected chi connectivity index (χ2v) is 18.7. The van der Waals surface area contributed by atoms with E-state index >= 15 is 0 Å². The summed E-state index contributed by atoms with van der Waals surface area (Å²) in [7, 11) is -3.74. The maximum atomic E-state index is 14.7. The third-order valence-electron chi connectivity index (χ3n) is 9.80. The quantitative estimate of drug-likeness (QED) is 0.133. The lowest BCUT2D eigenvalue weighted by molar-refractivity contribution is -0.149. The minimum atomic E-state index is -3.74. The number of nitrogens with zero attached hydrogens (tertiary/aromatic N) is 1. The zero-order valence-electron chi connectivity index (χ0n) is 32.2. The average Bonchev–Trinajstić information content (AvgIpc) is 3.88. The van der Waals surface area contributed by atoms with Crippen LogP contribution in [0.3, 0.4) is 0 Å². The zero-order valence-corrected chi connectivity index (χ0v) is 33.0. The fraction of sp³-hybridized carbons (Fsp3) is 0.667. The summed E-state index contributed by atoms with van der Waals surface area (Å²) in [4.78, 5) is 70.4. The van der Waals surface area contributed by atoms with Crippen LogP contribution in [-0.2, 0) is 29.0 Å². The van der Waals surface area contributed by atoms with Crippen LogP contribution in [0.15, 0.2) is 47.9 Å². The molecule has 0 aliphatic heterocycles. The smallest absolute Gasteiger partial charge is 0.315 e. The molecular formula is C39H61N5O7S. The van der Waals surface area contributed by atoms with Gasteiger partial charge in [0.2, 0.25) is 17.6 Å². The number of urea groups is 1. The number of carbonyl (C=O) groups excluding carboxylic acids is 5. The Kier molecular flexibility index (Phi) is 14.7. The van der Waals surface area contributed by atoms with Crippen LogP contribution in [0.4, 0.5) is 4.79 Å². The first-order valence-electron chi connectivity index (χ1n) is 18.6. The second kappa shape index (κ2) is 17.9. The first-order chi connectivity index (χ1) is 24.2. The standard InChI is InChI=1S/C39H61N5O7S/c1-9-23-40-33(46)30(45)29(25-27-19-20-27)41-34(47)32(38(6,7)8)44(24-10-2)35(48)31(37(3,4)5)42-36(49)43-39(21-15-12-16-22-39)26-52(50,51)28-17-13-11-14-18-28/h9,11,13-14,17-18,27,29,31-32H,1,10,12,15-16,19-26H2,2-8H3,(H,40,46)(H,41,47)(H2,42,43,49)/t29?,31-,32?/m1/s1. The highest BCUT2D eigenvalue weighted by Crippen LogP contribution is 2.35. The van der Waals surface area contributed by atoms with E-state index in [4.69, 9.17) is 0 Å². The predicted octanol–water partition coefficient (Wildman–Crippen LogP) is 4.69. The van der Waals surface area contributed by atoms with Gasteiger partial charge in [-0.05, 0) is 54.6 Å². The fourth-order valence-corrected chi connectivity index (χ4v) is 8.85. The molecule has 2 saturated carbocycles. The van der Waals surface area contributed by atoms with Gasteiger partial charge >= 0.3 is 6.03 Å². The molecule has 4 N–H and O–H groups in total. The molecule has 0 spiro atoms. The van der Waals surface area contributed by atoms with Crippen molar-refractivity contribution >= 4 is 39.4 Å². The highest BCUT2D eigenvalue weighted by molar-refractivity contribution is 7.91. The van der Waals surface area contributed by atoms with Crippen molar-refractivity contribution in [3.05, 3.63) is 43.0 Å². The molecule has 0 bridgehead atoms. The Morgan fingerprint density at radius 3 is 2.08 bits per heavy atom. The minimum Gasteiger partial charge on any atom is -0.346 e. The molecule has 5 amide bonds. The lowest BCUT2D eigenvalue weighted by atomic mass is 9.81. The molecule has 12 nitrogen and oxygen atoms in total. The molecule has 3 rings (SSSR count). The molecule has 1 aromatic rings. The molecule has 1 aromatic carbocycles. The monoisotopic (exact) mass is 743 g/mol. The van der Waals surface area contributed by atoms with Crippen molar-refractivity contribution in [2.45, 2.75) is 135 Å². The summed E-state index contributed by atoms with van der Waals surface area (Å²) in [6.45, 7) is 16.7. The van der Waals surface area contributed by atoms with Gasteiger partial charge in [0.15, 0.2) is 9.84 Å². The summed E-state index contributed by atoms with van der Waals surface area (Å²) in [5.41, 5.74) is -2.65. The maximum absolute atomic E-state index is 14.7. The van der Waals surface area contributed by atoms with E-state index in [9.17, 15) is 32.4 Å². The Balaban J connectivity index is 1.91. The minimum absolute atomic E-state index is 0.108. The molecular weight excluding hydrogens is 683 g/mol. The van der Waals surface area contributed by atoms with Crippen molar-refractivity contribution in [3.8, 4) is 0 Å². The summed E-state index contributed by atoms with van der Waals surface area (Å²) < 4.78 is 27.0. The van der Waals surface area contributed by atoms with Crippen LogP contribution in [0.2, 0.25) is 0 Å². The SMILES string of the molecule is C=CCNC(=O)C(=O)C(CC1CC1)NC(=O)C(N(CCC)C(=O)[C@@H](NC(=O)NC1(CS(=O)(=O)c2ccccc2)CCCCC1)C(C)(C)C)C(C)(C)C. The molecule has 0 heterocycles. The van der Waals surface area contributed by atoms with Crippen LogP contribution in [0.1, 0.15) is 106 Å². The van der Waals surface area contributed by atoms with Gasteiger partial charge < -0.3 is 26.2 Å². The summed E-state index contributed by atoms with van der Waals surface area (Å²) in [6, 6.07) is 4.30.